The van der Waals surface area contributed by atoms with E-state index in [-0.39, 0.29) is 4.75 Å². The summed E-state index contributed by atoms with van der Waals surface area (Å²) in [6.45, 7) is 6.16. The first kappa shape index (κ1) is 19.4. The highest BCUT2D eigenvalue weighted by Gasteiger charge is 2.31. The Morgan fingerprint density at radius 2 is 2.08 bits per heavy atom. The third kappa shape index (κ3) is 5.30. The monoisotopic (exact) mass is 369 g/mol. The van der Waals surface area contributed by atoms with Gasteiger partial charge in [0.15, 0.2) is 5.96 Å². The normalized spacial score (nSPS) is 17.6. The fourth-order valence-corrected chi connectivity index (χ4v) is 3.78. The molecule has 1 aliphatic rings. The van der Waals surface area contributed by atoms with Crippen LogP contribution in [-0.2, 0) is 11.3 Å². The second-order valence-electron chi connectivity index (χ2n) is 6.12. The van der Waals surface area contributed by atoms with E-state index in [9.17, 15) is 0 Å². The number of rotatable bonds is 6. The Hall–Kier alpha value is -0.910. The molecule has 0 spiro atoms. The number of ether oxygens (including phenoxy) is 1. The van der Waals surface area contributed by atoms with Gasteiger partial charge in [-0.2, -0.15) is 11.8 Å². The van der Waals surface area contributed by atoms with Gasteiger partial charge in [-0.25, -0.2) is 0 Å². The van der Waals surface area contributed by atoms with Crippen molar-refractivity contribution in [2.75, 3.05) is 39.6 Å². The second kappa shape index (κ2) is 9.54. The summed E-state index contributed by atoms with van der Waals surface area (Å²) in [7, 11) is 2.06. The molecular formula is C18H28ClN3OS. The third-order valence-electron chi connectivity index (χ3n) is 4.42. The Labute approximate surface area is 155 Å². The summed E-state index contributed by atoms with van der Waals surface area (Å²) in [6.07, 6.45) is 4.30. The highest BCUT2D eigenvalue weighted by Crippen LogP contribution is 2.34. The minimum Gasteiger partial charge on any atom is -0.381 e. The molecule has 0 atom stereocenters. The van der Waals surface area contributed by atoms with E-state index in [2.05, 4.69) is 36.5 Å². The van der Waals surface area contributed by atoms with Gasteiger partial charge in [-0.15, -0.1) is 0 Å². The number of halogens is 1. The lowest BCUT2D eigenvalue weighted by atomic mass is 9.99. The van der Waals surface area contributed by atoms with Crippen molar-refractivity contribution < 1.29 is 4.74 Å². The third-order valence-corrected chi connectivity index (χ3v) is 6.19. The lowest BCUT2D eigenvalue weighted by Crippen LogP contribution is -2.41. The van der Waals surface area contributed by atoms with Gasteiger partial charge in [-0.1, -0.05) is 29.8 Å². The molecule has 0 unspecified atom stereocenters. The maximum absolute atomic E-state index is 6.29. The van der Waals surface area contributed by atoms with Crippen molar-refractivity contribution >= 4 is 29.3 Å². The minimum atomic E-state index is 0.199. The number of benzene rings is 1. The molecule has 0 saturated carbocycles. The molecule has 0 aliphatic carbocycles. The van der Waals surface area contributed by atoms with Crippen molar-refractivity contribution in [3.63, 3.8) is 0 Å². The largest absolute Gasteiger partial charge is 0.381 e. The van der Waals surface area contributed by atoms with Crippen molar-refractivity contribution in [2.45, 2.75) is 31.1 Å². The molecule has 2 rings (SSSR count). The maximum atomic E-state index is 6.29. The molecule has 1 fully saturated rings. The first-order valence-electron chi connectivity index (χ1n) is 8.46. The molecular weight excluding hydrogens is 342 g/mol. The zero-order valence-corrected chi connectivity index (χ0v) is 16.4. The lowest BCUT2D eigenvalue weighted by molar-refractivity contribution is 0.0793. The topological polar surface area (TPSA) is 36.9 Å². The number of hydrogen-bond donors (Lipinski definition) is 1. The molecule has 1 heterocycles. The van der Waals surface area contributed by atoms with Gasteiger partial charge in [0.1, 0.15) is 0 Å². The second-order valence-corrected chi connectivity index (χ2v) is 7.80. The van der Waals surface area contributed by atoms with Crippen LogP contribution in [0.15, 0.2) is 29.3 Å². The number of nitrogens with zero attached hydrogens (tertiary/aromatic N) is 2. The SMILES string of the molecule is CCNC(=NCC1(SC)CCOCC1)N(C)Cc1ccccc1Cl. The molecule has 0 amide bonds. The van der Waals surface area contributed by atoms with Crippen molar-refractivity contribution in [1.82, 2.24) is 10.2 Å². The number of nitrogens with one attached hydrogen (secondary N) is 1. The number of guanidine groups is 1. The van der Waals surface area contributed by atoms with Crippen LogP contribution >= 0.6 is 23.4 Å². The Kier molecular flexibility index (Phi) is 7.72. The molecule has 0 aromatic heterocycles. The van der Waals surface area contributed by atoms with Gasteiger partial charge in [0.05, 0.1) is 6.54 Å². The van der Waals surface area contributed by atoms with Crippen molar-refractivity contribution in [1.29, 1.82) is 0 Å². The quantitative estimate of drug-likeness (QED) is 0.613. The summed E-state index contributed by atoms with van der Waals surface area (Å²) in [4.78, 5) is 7.05. The van der Waals surface area contributed by atoms with E-state index in [1.54, 1.807) is 0 Å². The summed E-state index contributed by atoms with van der Waals surface area (Å²) in [5.41, 5.74) is 1.11. The molecule has 0 bridgehead atoms. The molecule has 1 aromatic carbocycles. The van der Waals surface area contributed by atoms with Crippen molar-refractivity contribution in [3.8, 4) is 0 Å². The number of aliphatic imine (C=N–C) groups is 1. The van der Waals surface area contributed by atoms with Gasteiger partial charge in [-0.3, -0.25) is 4.99 Å². The standard InChI is InChI=1S/C18H28ClN3OS/c1-4-20-17(21-14-18(24-3)9-11-23-12-10-18)22(2)13-15-7-5-6-8-16(15)19/h5-8H,4,9-14H2,1-3H3,(H,20,21). The molecule has 1 saturated heterocycles. The molecule has 6 heteroatoms. The highest BCUT2D eigenvalue weighted by molar-refractivity contribution is 8.00. The van der Waals surface area contributed by atoms with E-state index in [0.29, 0.717) is 0 Å². The van der Waals surface area contributed by atoms with Crippen LogP contribution in [0.3, 0.4) is 0 Å². The number of thioether (sulfide) groups is 1. The Bertz CT molecular complexity index is 547. The van der Waals surface area contributed by atoms with Crippen LogP contribution in [-0.4, -0.2) is 55.2 Å². The van der Waals surface area contributed by atoms with Crippen LogP contribution in [0.5, 0.6) is 0 Å². The Morgan fingerprint density at radius 3 is 2.71 bits per heavy atom. The summed E-state index contributed by atoms with van der Waals surface area (Å²) < 4.78 is 5.72. The van der Waals surface area contributed by atoms with Crippen LogP contribution < -0.4 is 5.32 Å². The van der Waals surface area contributed by atoms with Crippen molar-refractivity contribution in [2.24, 2.45) is 4.99 Å². The fourth-order valence-electron chi connectivity index (χ4n) is 2.82. The number of hydrogen-bond acceptors (Lipinski definition) is 3. The fraction of sp³-hybridized carbons (Fsp3) is 0.611. The van der Waals surface area contributed by atoms with Gasteiger partial charge in [-0.05, 0) is 37.7 Å². The predicted octanol–water partition coefficient (Wildman–Crippen LogP) is 3.65. The summed E-state index contributed by atoms with van der Waals surface area (Å²) in [5, 5.41) is 4.19. The van der Waals surface area contributed by atoms with E-state index in [0.717, 1.165) is 62.2 Å². The average molecular weight is 370 g/mol. The Balaban J connectivity index is 2.07. The first-order chi connectivity index (χ1) is 11.6. The van der Waals surface area contributed by atoms with E-state index in [4.69, 9.17) is 21.3 Å². The zero-order valence-electron chi connectivity index (χ0n) is 14.8. The molecule has 24 heavy (non-hydrogen) atoms. The average Bonchev–Trinajstić information content (AvgIpc) is 2.61. The van der Waals surface area contributed by atoms with Gasteiger partial charge in [0.25, 0.3) is 0 Å². The van der Waals surface area contributed by atoms with E-state index < -0.39 is 0 Å². The van der Waals surface area contributed by atoms with Crippen LogP contribution in [0.4, 0.5) is 0 Å². The molecule has 4 nitrogen and oxygen atoms in total. The summed E-state index contributed by atoms with van der Waals surface area (Å²) >= 11 is 8.21. The van der Waals surface area contributed by atoms with Gasteiger partial charge in [0, 0.05) is 43.1 Å². The van der Waals surface area contributed by atoms with E-state index in [1.807, 2.05) is 30.0 Å². The van der Waals surface area contributed by atoms with Crippen molar-refractivity contribution in [3.05, 3.63) is 34.9 Å². The summed E-state index contributed by atoms with van der Waals surface area (Å²) in [5.74, 6) is 0.928. The smallest absolute Gasteiger partial charge is 0.194 e. The van der Waals surface area contributed by atoms with Crippen LogP contribution in [0.1, 0.15) is 25.3 Å². The first-order valence-corrected chi connectivity index (χ1v) is 10.1. The lowest BCUT2D eigenvalue weighted by Gasteiger charge is -2.34. The molecule has 0 radical (unpaired) electrons. The maximum Gasteiger partial charge on any atom is 0.194 e. The van der Waals surface area contributed by atoms with Gasteiger partial charge in [0.2, 0.25) is 0 Å². The van der Waals surface area contributed by atoms with E-state index in [1.165, 1.54) is 0 Å². The highest BCUT2D eigenvalue weighted by atomic mass is 35.5. The van der Waals surface area contributed by atoms with Gasteiger partial charge >= 0.3 is 0 Å². The predicted molar refractivity (Wildman–Crippen MR) is 105 cm³/mol. The molecule has 1 aliphatic heterocycles. The minimum absolute atomic E-state index is 0.199. The van der Waals surface area contributed by atoms with Crippen LogP contribution in [0.2, 0.25) is 5.02 Å². The van der Waals surface area contributed by atoms with Crippen LogP contribution in [0, 0.1) is 0 Å². The van der Waals surface area contributed by atoms with Crippen LogP contribution in [0.25, 0.3) is 0 Å². The van der Waals surface area contributed by atoms with E-state index >= 15 is 0 Å². The molecule has 1 aromatic rings. The molecule has 1 N–H and O–H groups in total. The van der Waals surface area contributed by atoms with Gasteiger partial charge < -0.3 is 15.0 Å². The zero-order chi connectivity index (χ0) is 17.4. The Morgan fingerprint density at radius 1 is 1.38 bits per heavy atom. The molecule has 134 valence electrons. The summed E-state index contributed by atoms with van der Waals surface area (Å²) in [6, 6.07) is 7.96.